The molecule has 0 bridgehead atoms. The van der Waals surface area contributed by atoms with Crippen LogP contribution in [0.4, 0.5) is 0 Å². The van der Waals surface area contributed by atoms with Gasteiger partial charge in [0.1, 0.15) is 5.75 Å². The van der Waals surface area contributed by atoms with Crippen molar-refractivity contribution in [2.24, 2.45) is 0 Å². The maximum Gasteiger partial charge on any atom is 0.119 e. The topological polar surface area (TPSA) is 20.2 Å². The maximum atomic E-state index is 9.41. The zero-order chi connectivity index (χ0) is 9.68. The predicted octanol–water partition coefficient (Wildman–Crippen LogP) is 3.03. The number of aromatic hydroxyl groups is 1. The average molecular weight is 194 g/mol. The maximum absolute atomic E-state index is 9.41. The lowest BCUT2D eigenvalue weighted by Gasteiger charge is -2.01. The third-order valence-electron chi connectivity index (χ3n) is 1.94. The molecule has 0 radical (unpaired) electrons. The van der Waals surface area contributed by atoms with Crippen LogP contribution >= 0.6 is 12.6 Å². The minimum absolute atomic E-state index is 0.355. The molecule has 0 atom stereocenters. The first-order chi connectivity index (χ1) is 6.25. The van der Waals surface area contributed by atoms with E-state index in [2.05, 4.69) is 18.7 Å². The van der Waals surface area contributed by atoms with E-state index in [1.165, 1.54) is 0 Å². The number of allylic oxidation sites excluding steroid dienone is 1. The highest BCUT2D eigenvalue weighted by Crippen LogP contribution is 2.20. The molecule has 0 aliphatic carbocycles. The van der Waals surface area contributed by atoms with E-state index in [-0.39, 0.29) is 0 Å². The van der Waals surface area contributed by atoms with Crippen LogP contribution in [-0.4, -0.2) is 10.9 Å². The lowest BCUT2D eigenvalue weighted by Crippen LogP contribution is -1.80. The van der Waals surface area contributed by atoms with E-state index in [9.17, 15) is 5.11 Å². The molecule has 1 aromatic carbocycles. The van der Waals surface area contributed by atoms with Gasteiger partial charge in [0.05, 0.1) is 0 Å². The van der Waals surface area contributed by atoms with Gasteiger partial charge in [-0.2, -0.15) is 12.6 Å². The molecule has 2 heteroatoms. The van der Waals surface area contributed by atoms with Gasteiger partial charge in [0.25, 0.3) is 0 Å². The molecular formula is C11H14OS. The van der Waals surface area contributed by atoms with E-state index in [0.29, 0.717) is 5.75 Å². The summed E-state index contributed by atoms with van der Waals surface area (Å²) in [5.41, 5.74) is 2.00. The highest BCUT2D eigenvalue weighted by molar-refractivity contribution is 7.80. The molecule has 13 heavy (non-hydrogen) atoms. The molecule has 0 saturated carbocycles. The molecule has 0 heterocycles. The van der Waals surface area contributed by atoms with E-state index in [1.54, 1.807) is 6.07 Å². The summed E-state index contributed by atoms with van der Waals surface area (Å²) in [6.07, 6.45) is 5.04. The molecule has 1 rings (SSSR count). The number of phenols is 1. The number of rotatable bonds is 3. The molecule has 1 N–H and O–H groups in total. The van der Waals surface area contributed by atoms with Gasteiger partial charge in [0.2, 0.25) is 0 Å². The van der Waals surface area contributed by atoms with Gasteiger partial charge in [0.15, 0.2) is 0 Å². The summed E-state index contributed by atoms with van der Waals surface area (Å²) in [5, 5.41) is 9.41. The van der Waals surface area contributed by atoms with Gasteiger partial charge in [-0.05, 0) is 36.3 Å². The van der Waals surface area contributed by atoms with Gasteiger partial charge in [0, 0.05) is 0 Å². The van der Waals surface area contributed by atoms with Crippen LogP contribution in [0, 0.1) is 6.92 Å². The molecule has 0 aliphatic heterocycles. The van der Waals surface area contributed by atoms with Crippen LogP contribution in [-0.2, 0) is 0 Å². The number of hydrogen-bond donors (Lipinski definition) is 2. The first-order valence-electron chi connectivity index (χ1n) is 4.31. The van der Waals surface area contributed by atoms with Crippen molar-refractivity contribution in [3.05, 3.63) is 35.4 Å². The molecule has 1 aromatic rings. The molecule has 70 valence electrons. The quantitative estimate of drug-likeness (QED) is 0.709. The van der Waals surface area contributed by atoms with Crippen molar-refractivity contribution in [3.63, 3.8) is 0 Å². The number of thiol groups is 1. The Labute approximate surface area is 84.5 Å². The third-order valence-corrected chi connectivity index (χ3v) is 2.20. The standard InChI is InChI=1S/C11H14OS/c1-9-10(5-2-3-8-13)6-4-7-11(9)12/h2,4-7,12-13H,3,8H2,1H3. The van der Waals surface area contributed by atoms with E-state index < -0.39 is 0 Å². The molecule has 0 aliphatic rings. The summed E-state index contributed by atoms with van der Waals surface area (Å²) in [4.78, 5) is 0. The van der Waals surface area contributed by atoms with Crippen LogP contribution in [0.3, 0.4) is 0 Å². The molecule has 0 saturated heterocycles. The van der Waals surface area contributed by atoms with Crippen LogP contribution in [0.25, 0.3) is 6.08 Å². The molecule has 0 aromatic heterocycles. The fourth-order valence-corrected chi connectivity index (χ4v) is 1.26. The normalized spacial score (nSPS) is 10.9. The van der Waals surface area contributed by atoms with Gasteiger partial charge in [-0.15, -0.1) is 0 Å². The Hall–Kier alpha value is -0.890. The van der Waals surface area contributed by atoms with Crippen LogP contribution in [0.5, 0.6) is 5.75 Å². The Morgan fingerprint density at radius 3 is 2.92 bits per heavy atom. The fourth-order valence-electron chi connectivity index (χ4n) is 1.11. The van der Waals surface area contributed by atoms with Crippen LogP contribution < -0.4 is 0 Å². The molecule has 0 amide bonds. The van der Waals surface area contributed by atoms with Crippen LogP contribution in [0.2, 0.25) is 0 Å². The van der Waals surface area contributed by atoms with Crippen molar-refractivity contribution in [1.29, 1.82) is 0 Å². The average Bonchev–Trinajstić information content (AvgIpc) is 2.13. The van der Waals surface area contributed by atoms with Crippen molar-refractivity contribution < 1.29 is 5.11 Å². The minimum Gasteiger partial charge on any atom is -0.508 e. The second kappa shape index (κ2) is 4.97. The summed E-state index contributed by atoms with van der Waals surface area (Å²) in [6, 6.07) is 5.54. The van der Waals surface area contributed by atoms with E-state index in [4.69, 9.17) is 0 Å². The molecule has 1 nitrogen and oxygen atoms in total. The molecule has 0 fully saturated rings. The predicted molar refractivity (Wildman–Crippen MR) is 60.3 cm³/mol. The zero-order valence-electron chi connectivity index (χ0n) is 7.70. The number of phenolic OH excluding ortho intramolecular Hbond substituents is 1. The lowest BCUT2D eigenvalue weighted by atomic mass is 10.1. The zero-order valence-corrected chi connectivity index (χ0v) is 8.59. The van der Waals surface area contributed by atoms with Gasteiger partial charge in [-0.3, -0.25) is 0 Å². The van der Waals surface area contributed by atoms with Gasteiger partial charge >= 0.3 is 0 Å². The van der Waals surface area contributed by atoms with Gasteiger partial charge in [-0.1, -0.05) is 24.3 Å². The first-order valence-corrected chi connectivity index (χ1v) is 4.95. The minimum atomic E-state index is 0.355. The van der Waals surface area contributed by atoms with Crippen molar-refractivity contribution in [1.82, 2.24) is 0 Å². The summed E-state index contributed by atoms with van der Waals surface area (Å²) in [6.45, 7) is 1.91. The van der Waals surface area contributed by atoms with Crippen LogP contribution in [0.15, 0.2) is 24.3 Å². The lowest BCUT2D eigenvalue weighted by molar-refractivity contribution is 0.471. The van der Waals surface area contributed by atoms with Crippen molar-refractivity contribution in [2.75, 3.05) is 5.75 Å². The second-order valence-electron chi connectivity index (χ2n) is 2.91. The largest absolute Gasteiger partial charge is 0.508 e. The van der Waals surface area contributed by atoms with E-state index in [1.807, 2.05) is 25.1 Å². The van der Waals surface area contributed by atoms with Gasteiger partial charge in [-0.25, -0.2) is 0 Å². The van der Waals surface area contributed by atoms with Gasteiger partial charge < -0.3 is 5.11 Å². The van der Waals surface area contributed by atoms with Crippen LogP contribution in [0.1, 0.15) is 17.5 Å². The monoisotopic (exact) mass is 194 g/mol. The molecular weight excluding hydrogens is 180 g/mol. The van der Waals surface area contributed by atoms with Crippen molar-refractivity contribution in [2.45, 2.75) is 13.3 Å². The number of benzene rings is 1. The Morgan fingerprint density at radius 1 is 1.46 bits per heavy atom. The SMILES string of the molecule is Cc1c(O)cccc1C=CCCS. The van der Waals surface area contributed by atoms with Crippen molar-refractivity contribution >= 4 is 18.7 Å². The Bertz CT molecular complexity index is 305. The Balaban J connectivity index is 2.83. The Morgan fingerprint density at radius 2 is 2.23 bits per heavy atom. The third kappa shape index (κ3) is 2.81. The Kier molecular flexibility index (Phi) is 3.90. The first kappa shape index (κ1) is 10.2. The number of hydrogen-bond acceptors (Lipinski definition) is 2. The highest BCUT2D eigenvalue weighted by Gasteiger charge is 1.97. The summed E-state index contributed by atoms with van der Waals surface area (Å²) in [7, 11) is 0. The highest BCUT2D eigenvalue weighted by atomic mass is 32.1. The fraction of sp³-hybridized carbons (Fsp3) is 0.273. The second-order valence-corrected chi connectivity index (χ2v) is 3.35. The molecule has 0 spiro atoms. The van der Waals surface area contributed by atoms with E-state index >= 15 is 0 Å². The van der Waals surface area contributed by atoms with Crippen molar-refractivity contribution in [3.8, 4) is 5.75 Å². The summed E-state index contributed by atoms with van der Waals surface area (Å²) < 4.78 is 0. The smallest absolute Gasteiger partial charge is 0.119 e. The van der Waals surface area contributed by atoms with E-state index in [0.717, 1.165) is 23.3 Å². The summed E-state index contributed by atoms with van der Waals surface area (Å²) >= 11 is 4.11. The molecule has 0 unspecified atom stereocenters. The summed E-state index contributed by atoms with van der Waals surface area (Å²) in [5.74, 6) is 1.21.